The molecule has 0 bridgehead atoms. The fraction of sp³-hybridized carbons (Fsp3) is 0.200. The van der Waals surface area contributed by atoms with Crippen molar-refractivity contribution < 1.29 is 33.4 Å². The van der Waals surface area contributed by atoms with Crippen LogP contribution >= 0.6 is 11.8 Å². The minimum Gasteiger partial charge on any atom is -0.497 e. The molecule has 5 rings (SSSR count). The van der Waals surface area contributed by atoms with Crippen LogP contribution in [-0.2, 0) is 14.3 Å². The van der Waals surface area contributed by atoms with Crippen LogP contribution in [0, 0.1) is 0 Å². The number of nitrogens with zero attached hydrogens (tertiary/aromatic N) is 2. The normalized spacial score (nSPS) is 16.2. The van der Waals surface area contributed by atoms with Gasteiger partial charge in [-0.05, 0) is 71.9 Å². The van der Waals surface area contributed by atoms with Gasteiger partial charge in [0.2, 0.25) is 5.91 Å². The highest BCUT2D eigenvalue weighted by atomic mass is 32.2. The van der Waals surface area contributed by atoms with Gasteiger partial charge in [0.05, 0.1) is 42.2 Å². The molecule has 0 radical (unpaired) electrons. The molecule has 3 amide bonds. The Morgan fingerprint density at radius 2 is 1.63 bits per heavy atom. The highest BCUT2D eigenvalue weighted by Crippen LogP contribution is 2.33. The number of ether oxygens (including phenoxy) is 3. The van der Waals surface area contributed by atoms with Gasteiger partial charge in [0, 0.05) is 13.1 Å². The number of carbonyl (C=O) groups excluding carboxylic acids is 4. The number of hydrogen-bond donors (Lipinski definition) is 1. The number of methoxy groups -OCH3 is 1. The molecule has 2 aliphatic heterocycles. The van der Waals surface area contributed by atoms with E-state index in [0.29, 0.717) is 54.6 Å². The van der Waals surface area contributed by atoms with Crippen molar-refractivity contribution in [3.8, 4) is 11.5 Å². The van der Waals surface area contributed by atoms with Crippen LogP contribution in [0.25, 0.3) is 6.08 Å². The third-order valence-electron chi connectivity index (χ3n) is 6.42. The summed E-state index contributed by atoms with van der Waals surface area (Å²) in [5.74, 6) is -0.591. The minimum atomic E-state index is -0.549. The number of thioether (sulfide) groups is 1. The zero-order valence-corrected chi connectivity index (χ0v) is 23.0. The van der Waals surface area contributed by atoms with E-state index < -0.39 is 29.6 Å². The van der Waals surface area contributed by atoms with Gasteiger partial charge in [0.25, 0.3) is 11.1 Å². The minimum absolute atomic E-state index is 0.194. The maximum absolute atomic E-state index is 13.0. The van der Waals surface area contributed by atoms with E-state index in [0.717, 1.165) is 22.3 Å². The highest BCUT2D eigenvalue weighted by Gasteiger charge is 2.36. The maximum atomic E-state index is 13.0. The molecule has 41 heavy (non-hydrogen) atoms. The summed E-state index contributed by atoms with van der Waals surface area (Å²) in [5, 5.41) is 2.31. The maximum Gasteiger partial charge on any atom is 0.343 e. The smallest absolute Gasteiger partial charge is 0.343 e. The van der Waals surface area contributed by atoms with E-state index in [2.05, 4.69) is 10.2 Å². The lowest BCUT2D eigenvalue weighted by Crippen LogP contribution is -2.38. The van der Waals surface area contributed by atoms with Crippen LogP contribution in [0.3, 0.4) is 0 Å². The molecular formula is C30H27N3O7S. The first kappa shape index (κ1) is 27.9. The molecule has 2 heterocycles. The lowest BCUT2D eigenvalue weighted by Gasteiger charge is -2.30. The Bertz CT molecular complexity index is 1480. The largest absolute Gasteiger partial charge is 0.497 e. The molecule has 0 atom stereocenters. The number of para-hydroxylation sites is 2. The molecule has 0 aromatic heterocycles. The van der Waals surface area contributed by atoms with Crippen molar-refractivity contribution >= 4 is 52.2 Å². The second kappa shape index (κ2) is 12.7. The predicted octanol–water partition coefficient (Wildman–Crippen LogP) is 4.43. The van der Waals surface area contributed by atoms with Crippen molar-refractivity contribution in [2.24, 2.45) is 0 Å². The Kier molecular flexibility index (Phi) is 8.66. The summed E-state index contributed by atoms with van der Waals surface area (Å²) in [6, 6.07) is 20.5. The molecule has 3 aromatic rings. The molecule has 0 spiro atoms. The number of esters is 1. The number of anilines is 2. The topological polar surface area (TPSA) is 114 Å². The molecule has 0 aliphatic carbocycles. The number of carbonyl (C=O) groups is 4. The van der Waals surface area contributed by atoms with E-state index in [4.69, 9.17) is 14.2 Å². The molecule has 2 fully saturated rings. The van der Waals surface area contributed by atoms with Gasteiger partial charge in [-0.25, -0.2) is 4.79 Å². The first-order valence-electron chi connectivity index (χ1n) is 12.8. The van der Waals surface area contributed by atoms with E-state index in [9.17, 15) is 19.2 Å². The van der Waals surface area contributed by atoms with Crippen LogP contribution in [0.2, 0.25) is 0 Å². The lowest BCUT2D eigenvalue weighted by atomic mass is 10.2. The van der Waals surface area contributed by atoms with Crippen LogP contribution in [0.1, 0.15) is 15.9 Å². The quantitative estimate of drug-likeness (QED) is 0.238. The van der Waals surface area contributed by atoms with Crippen LogP contribution in [-0.4, -0.2) is 67.9 Å². The summed E-state index contributed by atoms with van der Waals surface area (Å²) in [6.45, 7) is 2.20. The monoisotopic (exact) mass is 573 g/mol. The molecule has 10 nitrogen and oxygen atoms in total. The van der Waals surface area contributed by atoms with Crippen molar-refractivity contribution in [1.82, 2.24) is 4.90 Å². The summed E-state index contributed by atoms with van der Waals surface area (Å²) in [5.41, 5.74) is 2.46. The van der Waals surface area contributed by atoms with E-state index in [1.807, 2.05) is 18.2 Å². The Morgan fingerprint density at radius 1 is 0.951 bits per heavy atom. The molecular weight excluding hydrogens is 546 g/mol. The molecule has 11 heteroatoms. The van der Waals surface area contributed by atoms with Crippen molar-refractivity contribution in [2.45, 2.75) is 0 Å². The van der Waals surface area contributed by atoms with Crippen LogP contribution < -0.4 is 19.7 Å². The van der Waals surface area contributed by atoms with Gasteiger partial charge >= 0.3 is 5.97 Å². The molecule has 3 aromatic carbocycles. The number of morpholine rings is 1. The number of rotatable bonds is 8. The molecule has 0 saturated carbocycles. The fourth-order valence-electron chi connectivity index (χ4n) is 4.31. The second-order valence-electron chi connectivity index (χ2n) is 9.12. The van der Waals surface area contributed by atoms with Crippen molar-refractivity contribution in [3.05, 3.63) is 88.8 Å². The van der Waals surface area contributed by atoms with Gasteiger partial charge < -0.3 is 24.4 Å². The van der Waals surface area contributed by atoms with Crippen LogP contribution in [0.5, 0.6) is 11.5 Å². The van der Waals surface area contributed by atoms with Gasteiger partial charge in [0.15, 0.2) is 0 Å². The van der Waals surface area contributed by atoms with Crippen LogP contribution in [0.15, 0.2) is 77.7 Å². The zero-order chi connectivity index (χ0) is 28.8. The van der Waals surface area contributed by atoms with E-state index in [-0.39, 0.29) is 4.91 Å². The summed E-state index contributed by atoms with van der Waals surface area (Å²) in [4.78, 5) is 54.0. The number of hydrogen-bond acceptors (Lipinski definition) is 9. The van der Waals surface area contributed by atoms with Crippen molar-refractivity contribution in [3.63, 3.8) is 0 Å². The van der Waals surface area contributed by atoms with Crippen molar-refractivity contribution in [2.75, 3.05) is 50.2 Å². The summed E-state index contributed by atoms with van der Waals surface area (Å²) in [7, 11) is 1.54. The van der Waals surface area contributed by atoms with E-state index in [1.54, 1.807) is 67.8 Å². The van der Waals surface area contributed by atoms with E-state index in [1.165, 1.54) is 0 Å². The first-order valence-corrected chi connectivity index (χ1v) is 13.7. The Morgan fingerprint density at radius 3 is 2.34 bits per heavy atom. The number of benzene rings is 3. The molecule has 1 N–H and O–H groups in total. The van der Waals surface area contributed by atoms with Crippen LogP contribution in [0.4, 0.5) is 16.2 Å². The fourth-order valence-corrected chi connectivity index (χ4v) is 5.14. The zero-order valence-electron chi connectivity index (χ0n) is 22.2. The predicted molar refractivity (Wildman–Crippen MR) is 155 cm³/mol. The molecule has 0 unspecified atom stereocenters. The third-order valence-corrected chi connectivity index (χ3v) is 7.33. The van der Waals surface area contributed by atoms with Gasteiger partial charge in [-0.3, -0.25) is 19.3 Å². The Balaban J connectivity index is 1.19. The molecule has 210 valence electrons. The SMILES string of the molecule is COc1ccc(C(=O)Oc2ccc(/C=C3/SC(=O)N(CC(=O)Nc4ccccc4N4CCOCC4)C3=O)cc2)cc1. The first-order chi connectivity index (χ1) is 19.9. The highest BCUT2D eigenvalue weighted by molar-refractivity contribution is 8.18. The van der Waals surface area contributed by atoms with Crippen molar-refractivity contribution in [1.29, 1.82) is 0 Å². The average Bonchev–Trinajstić information content (AvgIpc) is 3.26. The number of imide groups is 1. The van der Waals surface area contributed by atoms with Gasteiger partial charge in [-0.2, -0.15) is 0 Å². The molecule has 2 saturated heterocycles. The van der Waals surface area contributed by atoms with Gasteiger partial charge in [-0.1, -0.05) is 24.3 Å². The third kappa shape index (κ3) is 6.76. The summed E-state index contributed by atoms with van der Waals surface area (Å²) in [6.07, 6.45) is 1.56. The number of nitrogens with one attached hydrogen (secondary N) is 1. The summed E-state index contributed by atoms with van der Waals surface area (Å²) >= 11 is 0.767. The molecule has 2 aliphatic rings. The summed E-state index contributed by atoms with van der Waals surface area (Å²) < 4.78 is 15.9. The van der Waals surface area contributed by atoms with E-state index >= 15 is 0 Å². The van der Waals surface area contributed by atoms with Gasteiger partial charge in [0.1, 0.15) is 18.0 Å². The second-order valence-corrected chi connectivity index (χ2v) is 10.1. The average molecular weight is 574 g/mol. The van der Waals surface area contributed by atoms with Gasteiger partial charge in [-0.15, -0.1) is 0 Å². The number of amides is 3. The Hall–Kier alpha value is -4.61. The lowest BCUT2D eigenvalue weighted by molar-refractivity contribution is -0.127. The standard InChI is InChI=1S/C30H27N3O7S/c1-38-22-12-8-21(9-13-22)29(36)40-23-10-6-20(7-11-23)18-26-28(35)33(30(37)41-26)19-27(34)31-24-4-2-3-5-25(24)32-14-16-39-17-15-32/h2-13,18H,14-17,19H2,1H3,(H,31,34)/b26-18+. The Labute approximate surface area is 240 Å².